The molecule has 1 heterocycles. The van der Waals surface area contributed by atoms with Crippen LogP contribution in [0.1, 0.15) is 6.92 Å². The van der Waals surface area contributed by atoms with Crippen LogP contribution in [0.15, 0.2) is 59.8 Å². The maximum Gasteiger partial charge on any atom is 0.316 e. The highest BCUT2D eigenvalue weighted by atomic mass is 19.1. The van der Waals surface area contributed by atoms with Crippen molar-refractivity contribution in [1.82, 2.24) is 4.59 Å². The van der Waals surface area contributed by atoms with Gasteiger partial charge in [0.15, 0.2) is 28.5 Å². The minimum Gasteiger partial charge on any atom is -0.505 e. The van der Waals surface area contributed by atoms with Gasteiger partial charge in [-0.1, -0.05) is 18.2 Å². The van der Waals surface area contributed by atoms with E-state index in [4.69, 9.17) is 5.73 Å². The van der Waals surface area contributed by atoms with E-state index in [0.29, 0.717) is 17.1 Å². The fourth-order valence-electron chi connectivity index (χ4n) is 3.09. The Morgan fingerprint density at radius 3 is 2.40 bits per heavy atom. The van der Waals surface area contributed by atoms with Gasteiger partial charge in [0.05, 0.1) is 5.69 Å². The number of benzene rings is 2. The minimum atomic E-state index is -0.843. The van der Waals surface area contributed by atoms with E-state index in [1.54, 1.807) is 44.3 Å². The zero-order chi connectivity index (χ0) is 18.4. The molecule has 25 heavy (non-hydrogen) atoms. The summed E-state index contributed by atoms with van der Waals surface area (Å²) < 4.78 is 13.7. The first-order valence-electron chi connectivity index (χ1n) is 7.55. The van der Waals surface area contributed by atoms with Crippen LogP contribution in [0.25, 0.3) is 0 Å². The lowest BCUT2D eigenvalue weighted by atomic mass is 10.2. The number of anilines is 1. The van der Waals surface area contributed by atoms with E-state index in [0.717, 1.165) is 6.07 Å². The topological polar surface area (TPSA) is 83.6 Å². The molecule has 3 rings (SSSR count). The third kappa shape index (κ3) is 2.36. The number of allylic oxidation sites excluding steroid dienone is 1. The Bertz CT molecular complexity index is 911. The predicted octanol–water partition coefficient (Wildman–Crippen LogP) is 2.19. The summed E-state index contributed by atoms with van der Waals surface area (Å²) in [6.45, 7) is 1.60. The normalized spacial score (nSPS) is 20.3. The summed E-state index contributed by atoms with van der Waals surface area (Å²) in [6.07, 6.45) is 0. The SMILES string of the molecule is CC1=C(C(N)=O)C(=O)N(c2ccccc2)[N+]1(C)c1ccc(O)c(F)c1. The van der Waals surface area contributed by atoms with Crippen molar-refractivity contribution < 1.29 is 19.1 Å². The lowest BCUT2D eigenvalue weighted by Crippen LogP contribution is -2.56. The minimum absolute atomic E-state index is 0.139. The van der Waals surface area contributed by atoms with Crippen molar-refractivity contribution in [2.75, 3.05) is 12.1 Å². The summed E-state index contributed by atoms with van der Waals surface area (Å²) in [5.74, 6) is -2.72. The quantitative estimate of drug-likeness (QED) is 0.662. The first kappa shape index (κ1) is 16.7. The lowest BCUT2D eigenvalue weighted by molar-refractivity contribution is -0.120. The van der Waals surface area contributed by atoms with Gasteiger partial charge in [0.2, 0.25) is 0 Å². The Hall–Kier alpha value is -3.19. The third-order valence-corrected chi connectivity index (χ3v) is 4.50. The largest absolute Gasteiger partial charge is 0.505 e. The number of quaternary nitrogens is 1. The van der Waals surface area contributed by atoms with E-state index in [-0.39, 0.29) is 10.2 Å². The number of hydrogen-bond acceptors (Lipinski definition) is 3. The van der Waals surface area contributed by atoms with Crippen LogP contribution in [0.4, 0.5) is 15.8 Å². The number of primary amides is 1. The van der Waals surface area contributed by atoms with Crippen LogP contribution >= 0.6 is 0 Å². The Kier molecular flexibility index (Phi) is 3.81. The number of hydrogen-bond donors (Lipinski definition) is 2. The number of rotatable bonds is 3. The molecule has 1 aliphatic heterocycles. The van der Waals surface area contributed by atoms with E-state index in [1.807, 2.05) is 0 Å². The molecular formula is C18H17FN3O3+. The van der Waals surface area contributed by atoms with Crippen molar-refractivity contribution in [3.05, 3.63) is 65.6 Å². The molecule has 2 aromatic carbocycles. The highest BCUT2D eigenvalue weighted by molar-refractivity contribution is 6.26. The average molecular weight is 342 g/mol. The number of carbonyl (C=O) groups excluding carboxylic acids is 2. The fourth-order valence-corrected chi connectivity index (χ4v) is 3.09. The van der Waals surface area contributed by atoms with Crippen molar-refractivity contribution in [2.24, 2.45) is 5.73 Å². The van der Waals surface area contributed by atoms with Gasteiger partial charge < -0.3 is 10.8 Å². The van der Waals surface area contributed by atoms with Gasteiger partial charge in [0, 0.05) is 19.1 Å². The summed E-state index contributed by atoms with van der Waals surface area (Å²) in [5.41, 5.74) is 6.52. The van der Waals surface area contributed by atoms with Gasteiger partial charge in [-0.05, 0) is 18.2 Å². The summed E-state index contributed by atoms with van der Waals surface area (Å²) in [6, 6.07) is 12.6. The maximum atomic E-state index is 13.9. The van der Waals surface area contributed by atoms with Gasteiger partial charge in [0.1, 0.15) is 7.05 Å². The Labute approximate surface area is 143 Å². The molecule has 0 bridgehead atoms. The molecule has 0 aliphatic carbocycles. The third-order valence-electron chi connectivity index (χ3n) is 4.50. The van der Waals surface area contributed by atoms with E-state index in [2.05, 4.69) is 0 Å². The molecule has 2 aromatic rings. The zero-order valence-electron chi connectivity index (χ0n) is 13.7. The highest BCUT2D eigenvalue weighted by Gasteiger charge is 2.52. The zero-order valence-corrected chi connectivity index (χ0v) is 13.7. The molecule has 128 valence electrons. The predicted molar refractivity (Wildman–Crippen MR) is 91.6 cm³/mol. The number of halogens is 1. The van der Waals surface area contributed by atoms with Crippen LogP contribution in [0.5, 0.6) is 5.75 Å². The summed E-state index contributed by atoms with van der Waals surface area (Å²) >= 11 is 0. The van der Waals surface area contributed by atoms with Crippen molar-refractivity contribution in [3.63, 3.8) is 0 Å². The van der Waals surface area contributed by atoms with E-state index >= 15 is 0 Å². The van der Waals surface area contributed by atoms with Gasteiger partial charge in [-0.2, -0.15) is 4.59 Å². The average Bonchev–Trinajstić information content (AvgIpc) is 2.78. The first-order valence-corrected chi connectivity index (χ1v) is 7.55. The molecule has 1 atom stereocenters. The van der Waals surface area contributed by atoms with Crippen LogP contribution in [0.2, 0.25) is 0 Å². The highest BCUT2D eigenvalue weighted by Crippen LogP contribution is 2.41. The number of aromatic hydroxyl groups is 1. The molecule has 0 fully saturated rings. The molecule has 6 nitrogen and oxygen atoms in total. The maximum absolute atomic E-state index is 13.9. The van der Waals surface area contributed by atoms with Gasteiger partial charge in [0.25, 0.3) is 5.91 Å². The molecule has 3 N–H and O–H groups in total. The number of phenols is 1. The van der Waals surface area contributed by atoms with Gasteiger partial charge in [-0.15, -0.1) is 5.01 Å². The molecule has 0 spiro atoms. The van der Waals surface area contributed by atoms with Crippen molar-refractivity contribution in [2.45, 2.75) is 6.92 Å². The molecule has 0 saturated carbocycles. The smallest absolute Gasteiger partial charge is 0.316 e. The Morgan fingerprint density at radius 1 is 1.20 bits per heavy atom. The molecule has 0 radical (unpaired) electrons. The molecule has 1 aliphatic rings. The number of para-hydroxylation sites is 1. The molecule has 7 heteroatoms. The van der Waals surface area contributed by atoms with Crippen LogP contribution in [-0.4, -0.2) is 24.0 Å². The molecular weight excluding hydrogens is 325 g/mol. The molecule has 0 aromatic heterocycles. The summed E-state index contributed by atoms with van der Waals surface area (Å²) in [5, 5.41) is 10.8. The monoisotopic (exact) mass is 342 g/mol. The molecule has 0 saturated heterocycles. The van der Waals surface area contributed by atoms with Crippen molar-refractivity contribution >= 4 is 23.2 Å². The Morgan fingerprint density at radius 2 is 1.84 bits per heavy atom. The van der Waals surface area contributed by atoms with Gasteiger partial charge >= 0.3 is 5.91 Å². The number of carbonyl (C=O) groups is 2. The van der Waals surface area contributed by atoms with E-state index in [9.17, 15) is 19.1 Å². The van der Waals surface area contributed by atoms with E-state index in [1.165, 1.54) is 17.1 Å². The second-order valence-corrected chi connectivity index (χ2v) is 5.87. The number of amides is 2. The van der Waals surface area contributed by atoms with Crippen LogP contribution < -0.4 is 15.3 Å². The van der Waals surface area contributed by atoms with Gasteiger partial charge in [-0.25, -0.2) is 4.39 Å². The summed E-state index contributed by atoms with van der Waals surface area (Å²) in [7, 11) is 1.65. The summed E-state index contributed by atoms with van der Waals surface area (Å²) in [4.78, 5) is 24.7. The standard InChI is InChI=1S/C18H16FN3O3/c1-11-16(17(20)24)18(25)21(12-6-4-3-5-7-12)22(11,2)13-8-9-15(23)14(19)10-13/h3-10H,1-2H3,(H2-,20,23,24)/p+1. The van der Waals surface area contributed by atoms with Crippen LogP contribution in [0.3, 0.4) is 0 Å². The fraction of sp³-hybridized carbons (Fsp3) is 0.111. The van der Waals surface area contributed by atoms with Crippen LogP contribution in [-0.2, 0) is 9.59 Å². The Balaban J connectivity index is 2.29. The number of nitrogens with zero attached hydrogens (tertiary/aromatic N) is 2. The molecule has 2 amide bonds. The van der Waals surface area contributed by atoms with Crippen molar-refractivity contribution in [3.8, 4) is 5.75 Å². The second-order valence-electron chi connectivity index (χ2n) is 5.87. The lowest BCUT2D eigenvalue weighted by Gasteiger charge is -2.37. The van der Waals surface area contributed by atoms with Crippen molar-refractivity contribution in [1.29, 1.82) is 0 Å². The number of phenolic OH excluding ortho intramolecular Hbond substituents is 1. The first-order chi connectivity index (χ1) is 11.8. The van der Waals surface area contributed by atoms with E-state index < -0.39 is 23.4 Å². The number of nitrogens with two attached hydrogens (primary N) is 1. The molecule has 1 unspecified atom stereocenters. The second kappa shape index (κ2) is 5.71. The van der Waals surface area contributed by atoms with Gasteiger partial charge in [-0.3, -0.25) is 9.59 Å². The van der Waals surface area contributed by atoms with Crippen LogP contribution in [0, 0.1) is 5.82 Å².